The highest BCUT2D eigenvalue weighted by Gasteiger charge is 2.28. The summed E-state index contributed by atoms with van der Waals surface area (Å²) in [6.07, 6.45) is 4.14. The van der Waals surface area contributed by atoms with Gasteiger partial charge in [-0.1, -0.05) is 42.5 Å². The average molecular weight is 585 g/mol. The number of aliphatic carboxylic acids is 1. The molecule has 5 rings (SSSR count). The van der Waals surface area contributed by atoms with Crippen molar-refractivity contribution in [3.63, 3.8) is 0 Å². The molecule has 0 bridgehead atoms. The first-order valence-electron chi connectivity index (χ1n) is 14.4. The minimum absolute atomic E-state index is 0.0786. The largest absolute Gasteiger partial charge is 0.493 e. The van der Waals surface area contributed by atoms with E-state index in [9.17, 15) is 14.4 Å². The van der Waals surface area contributed by atoms with Gasteiger partial charge in [-0.3, -0.25) is 19.4 Å². The van der Waals surface area contributed by atoms with Crippen LogP contribution in [0.5, 0.6) is 17.2 Å². The lowest BCUT2D eigenvalue weighted by Crippen LogP contribution is -2.33. The van der Waals surface area contributed by atoms with Crippen molar-refractivity contribution >= 4 is 23.9 Å². The Morgan fingerprint density at radius 3 is 2.42 bits per heavy atom. The quantitative estimate of drug-likeness (QED) is 0.221. The Morgan fingerprint density at radius 1 is 0.977 bits per heavy atom. The van der Waals surface area contributed by atoms with E-state index < -0.39 is 5.97 Å². The number of hydrogen-bond donors (Lipinski definition) is 1. The van der Waals surface area contributed by atoms with Gasteiger partial charge in [0.05, 0.1) is 20.3 Å². The van der Waals surface area contributed by atoms with Gasteiger partial charge in [0.2, 0.25) is 11.8 Å². The Balaban J connectivity index is 1.33. The number of benzene rings is 3. The fourth-order valence-electron chi connectivity index (χ4n) is 5.43. The van der Waals surface area contributed by atoms with Crippen LogP contribution < -0.4 is 14.2 Å². The molecule has 3 aromatic carbocycles. The van der Waals surface area contributed by atoms with E-state index in [4.69, 9.17) is 19.3 Å². The highest BCUT2D eigenvalue weighted by molar-refractivity contribution is 6.01. The van der Waals surface area contributed by atoms with Crippen LogP contribution in [0, 0.1) is 0 Å². The fraction of sp³-hybridized carbons (Fsp3) is 0.324. The van der Waals surface area contributed by atoms with E-state index in [0.29, 0.717) is 31.2 Å². The number of amides is 2. The van der Waals surface area contributed by atoms with E-state index in [2.05, 4.69) is 24.0 Å². The molecule has 0 radical (unpaired) electrons. The zero-order valence-corrected chi connectivity index (χ0v) is 24.5. The highest BCUT2D eigenvalue weighted by atomic mass is 16.5. The van der Waals surface area contributed by atoms with Crippen molar-refractivity contribution in [2.75, 3.05) is 26.9 Å². The van der Waals surface area contributed by atoms with Gasteiger partial charge in [-0.05, 0) is 59.0 Å². The SMILES string of the molecule is COc1cc(CN(Cc2ccc(/C=C/C(=O)O)cc2)C(C)c2ccc3c(c2)CCO3)ccc1OCCN1C(=O)CCC1=O. The number of carboxylic acids is 1. The molecule has 2 aliphatic rings. The van der Waals surface area contributed by atoms with Gasteiger partial charge in [0.15, 0.2) is 11.5 Å². The Labute approximate surface area is 251 Å². The lowest BCUT2D eigenvalue weighted by Gasteiger charge is -2.30. The first-order chi connectivity index (χ1) is 20.8. The predicted octanol–water partition coefficient (Wildman–Crippen LogP) is 5.02. The Morgan fingerprint density at radius 2 is 1.70 bits per heavy atom. The number of imide groups is 1. The second-order valence-corrected chi connectivity index (χ2v) is 10.7. The molecular formula is C34H36N2O7. The lowest BCUT2D eigenvalue weighted by atomic mass is 10.0. The number of carboxylic acid groups (broad SMARTS) is 1. The summed E-state index contributed by atoms with van der Waals surface area (Å²) in [5.74, 6) is 0.778. The summed E-state index contributed by atoms with van der Waals surface area (Å²) in [6.45, 7) is 4.59. The summed E-state index contributed by atoms with van der Waals surface area (Å²) >= 11 is 0. The molecule has 0 saturated carbocycles. The van der Waals surface area contributed by atoms with Crippen LogP contribution in [0.4, 0.5) is 0 Å². The van der Waals surface area contributed by atoms with Gasteiger partial charge in [0.25, 0.3) is 0 Å². The van der Waals surface area contributed by atoms with E-state index in [1.54, 1.807) is 13.2 Å². The third kappa shape index (κ3) is 7.42. The van der Waals surface area contributed by atoms with Gasteiger partial charge in [-0.15, -0.1) is 0 Å². The van der Waals surface area contributed by atoms with Crippen molar-refractivity contribution in [2.45, 2.75) is 45.3 Å². The molecule has 2 heterocycles. The predicted molar refractivity (Wildman–Crippen MR) is 161 cm³/mol. The third-order valence-corrected chi connectivity index (χ3v) is 7.87. The van der Waals surface area contributed by atoms with E-state index >= 15 is 0 Å². The number of rotatable bonds is 13. The number of nitrogens with zero attached hydrogens (tertiary/aromatic N) is 2. The van der Waals surface area contributed by atoms with E-state index in [1.807, 2.05) is 48.5 Å². The number of likely N-dealkylation sites (tertiary alicyclic amines) is 1. The van der Waals surface area contributed by atoms with Gasteiger partial charge in [0.1, 0.15) is 12.4 Å². The van der Waals surface area contributed by atoms with Crippen LogP contribution in [0.1, 0.15) is 53.6 Å². The first kappa shape index (κ1) is 29.8. The van der Waals surface area contributed by atoms with E-state index in [0.717, 1.165) is 34.9 Å². The van der Waals surface area contributed by atoms with Crippen molar-refractivity contribution in [2.24, 2.45) is 0 Å². The molecule has 43 heavy (non-hydrogen) atoms. The number of ether oxygens (including phenoxy) is 3. The van der Waals surface area contributed by atoms with Crippen molar-refractivity contribution in [3.05, 3.63) is 94.6 Å². The molecule has 1 unspecified atom stereocenters. The maximum absolute atomic E-state index is 11.9. The van der Waals surface area contributed by atoms with Crippen LogP contribution >= 0.6 is 0 Å². The van der Waals surface area contributed by atoms with Gasteiger partial charge in [-0.25, -0.2) is 4.79 Å². The molecule has 2 aliphatic heterocycles. The first-order valence-corrected chi connectivity index (χ1v) is 14.4. The smallest absolute Gasteiger partial charge is 0.328 e. The van der Waals surface area contributed by atoms with Crippen LogP contribution in [0.2, 0.25) is 0 Å². The number of hydrogen-bond acceptors (Lipinski definition) is 7. The summed E-state index contributed by atoms with van der Waals surface area (Å²) in [5, 5.41) is 8.93. The topological polar surface area (TPSA) is 106 Å². The molecule has 1 saturated heterocycles. The Bertz CT molecular complexity index is 1500. The molecule has 2 amide bonds. The monoisotopic (exact) mass is 584 g/mol. The van der Waals surface area contributed by atoms with Crippen molar-refractivity contribution in [3.8, 4) is 17.2 Å². The minimum atomic E-state index is -0.979. The van der Waals surface area contributed by atoms with Gasteiger partial charge < -0.3 is 19.3 Å². The minimum Gasteiger partial charge on any atom is -0.493 e. The maximum atomic E-state index is 11.9. The second kappa shape index (κ2) is 13.6. The molecule has 1 N–H and O–H groups in total. The second-order valence-electron chi connectivity index (χ2n) is 10.7. The van der Waals surface area contributed by atoms with Gasteiger partial charge in [-0.2, -0.15) is 0 Å². The van der Waals surface area contributed by atoms with Crippen LogP contribution in [0.25, 0.3) is 6.08 Å². The summed E-state index contributed by atoms with van der Waals surface area (Å²) in [6, 6.07) is 20.2. The van der Waals surface area contributed by atoms with Gasteiger partial charge >= 0.3 is 5.97 Å². The molecule has 224 valence electrons. The number of methoxy groups -OCH3 is 1. The normalized spacial score (nSPS) is 15.2. The summed E-state index contributed by atoms with van der Waals surface area (Å²) in [5.41, 5.74) is 5.37. The van der Waals surface area contributed by atoms with Crippen LogP contribution in [0.3, 0.4) is 0 Å². The molecule has 1 fully saturated rings. The zero-order valence-electron chi connectivity index (χ0n) is 24.5. The van der Waals surface area contributed by atoms with Crippen molar-refractivity contribution in [1.82, 2.24) is 9.80 Å². The standard InChI is InChI=1S/C34H36N2O7/c1-23(27-9-11-29-28(20-27)15-17-42-29)35(21-25-5-3-24(4-6-25)8-14-34(39)40)22-26-7-10-30(31(19-26)41-2)43-18-16-36-32(37)12-13-33(36)38/h3-11,14,19-20,23H,12-13,15-18,21-22H2,1-2H3,(H,39,40)/b14-8+. The highest BCUT2D eigenvalue weighted by Crippen LogP contribution is 2.33. The van der Waals surface area contributed by atoms with Crippen molar-refractivity contribution < 1.29 is 33.7 Å². The Kier molecular flexibility index (Phi) is 9.41. The van der Waals surface area contributed by atoms with Crippen LogP contribution in [-0.2, 0) is 33.9 Å². The molecule has 9 nitrogen and oxygen atoms in total. The molecule has 0 aromatic heterocycles. The van der Waals surface area contributed by atoms with E-state index in [-0.39, 0.29) is 43.8 Å². The average Bonchev–Trinajstić information content (AvgIpc) is 3.61. The van der Waals surface area contributed by atoms with Crippen LogP contribution in [-0.4, -0.2) is 59.6 Å². The Hall–Kier alpha value is -4.63. The number of fused-ring (bicyclic) bond motifs is 1. The zero-order chi connectivity index (χ0) is 30.3. The molecule has 9 heteroatoms. The van der Waals surface area contributed by atoms with Gasteiger partial charge in [0, 0.05) is 44.5 Å². The molecule has 0 spiro atoms. The maximum Gasteiger partial charge on any atom is 0.328 e. The summed E-state index contributed by atoms with van der Waals surface area (Å²) < 4.78 is 17.3. The van der Waals surface area contributed by atoms with E-state index in [1.165, 1.54) is 16.0 Å². The number of carbonyl (C=O) groups is 3. The number of carbonyl (C=O) groups excluding carboxylic acids is 2. The molecule has 0 aliphatic carbocycles. The molecule has 3 aromatic rings. The summed E-state index contributed by atoms with van der Waals surface area (Å²) in [4.78, 5) is 38.3. The third-order valence-electron chi connectivity index (χ3n) is 7.87. The molecule has 1 atom stereocenters. The fourth-order valence-corrected chi connectivity index (χ4v) is 5.43. The van der Waals surface area contributed by atoms with Crippen molar-refractivity contribution in [1.29, 1.82) is 0 Å². The summed E-state index contributed by atoms with van der Waals surface area (Å²) in [7, 11) is 1.59. The van der Waals surface area contributed by atoms with Crippen LogP contribution in [0.15, 0.2) is 66.7 Å². The molecular weight excluding hydrogens is 548 g/mol. The lowest BCUT2D eigenvalue weighted by molar-refractivity contribution is -0.138.